The summed E-state index contributed by atoms with van der Waals surface area (Å²) in [4.78, 5) is 44.5. The molecule has 2 aliphatic heterocycles. The third kappa shape index (κ3) is 4.88. The SMILES string of the molecule is COc1ccc(CN2CCN(C(=O)c3ccc4c(c3)C(=O)N(CCc3ccccc3)C4=O)CC2)cc1. The number of fused-ring (bicyclic) bond motifs is 1. The van der Waals surface area contributed by atoms with Crippen LogP contribution in [0.4, 0.5) is 0 Å². The second kappa shape index (κ2) is 10.3. The molecular formula is C29H29N3O4. The van der Waals surface area contributed by atoms with Gasteiger partial charge in [-0.05, 0) is 47.9 Å². The van der Waals surface area contributed by atoms with Gasteiger partial charge in [0.15, 0.2) is 0 Å². The fraction of sp³-hybridized carbons (Fsp3) is 0.276. The first-order chi connectivity index (χ1) is 17.5. The van der Waals surface area contributed by atoms with Crippen LogP contribution in [0.5, 0.6) is 5.75 Å². The molecule has 2 heterocycles. The van der Waals surface area contributed by atoms with Crippen molar-refractivity contribution in [2.45, 2.75) is 13.0 Å². The molecule has 0 aliphatic carbocycles. The Kier molecular flexibility index (Phi) is 6.82. The van der Waals surface area contributed by atoms with Crippen LogP contribution in [0.15, 0.2) is 72.8 Å². The van der Waals surface area contributed by atoms with E-state index in [1.54, 1.807) is 25.3 Å². The minimum Gasteiger partial charge on any atom is -0.497 e. The van der Waals surface area contributed by atoms with E-state index < -0.39 is 0 Å². The monoisotopic (exact) mass is 483 g/mol. The fourth-order valence-electron chi connectivity index (χ4n) is 4.79. The minimum absolute atomic E-state index is 0.107. The molecule has 1 fully saturated rings. The number of methoxy groups -OCH3 is 1. The number of benzene rings is 3. The summed E-state index contributed by atoms with van der Waals surface area (Å²) in [5.41, 5.74) is 3.40. The van der Waals surface area contributed by atoms with E-state index in [1.807, 2.05) is 47.4 Å². The normalized spacial score (nSPS) is 15.8. The van der Waals surface area contributed by atoms with Gasteiger partial charge in [-0.1, -0.05) is 42.5 Å². The Hall–Kier alpha value is -3.97. The number of nitrogens with zero attached hydrogens (tertiary/aromatic N) is 3. The Morgan fingerprint density at radius 2 is 1.50 bits per heavy atom. The van der Waals surface area contributed by atoms with Crippen molar-refractivity contribution < 1.29 is 19.1 Å². The predicted molar refractivity (Wildman–Crippen MR) is 136 cm³/mol. The molecule has 0 aromatic heterocycles. The van der Waals surface area contributed by atoms with Crippen LogP contribution < -0.4 is 4.74 Å². The molecule has 0 unspecified atom stereocenters. The molecule has 5 rings (SSSR count). The number of rotatable bonds is 7. The zero-order valence-electron chi connectivity index (χ0n) is 20.4. The molecule has 2 aliphatic rings. The topological polar surface area (TPSA) is 70.2 Å². The lowest BCUT2D eigenvalue weighted by Crippen LogP contribution is -2.48. The number of hydrogen-bond acceptors (Lipinski definition) is 5. The molecular weight excluding hydrogens is 454 g/mol. The molecule has 0 saturated carbocycles. The number of piperazine rings is 1. The van der Waals surface area contributed by atoms with Gasteiger partial charge in [0, 0.05) is 44.8 Å². The molecule has 0 bridgehead atoms. The van der Waals surface area contributed by atoms with Crippen molar-refractivity contribution >= 4 is 17.7 Å². The van der Waals surface area contributed by atoms with Gasteiger partial charge < -0.3 is 9.64 Å². The smallest absolute Gasteiger partial charge is 0.261 e. The van der Waals surface area contributed by atoms with E-state index >= 15 is 0 Å². The van der Waals surface area contributed by atoms with Gasteiger partial charge in [0.1, 0.15) is 5.75 Å². The van der Waals surface area contributed by atoms with Crippen molar-refractivity contribution in [1.82, 2.24) is 14.7 Å². The van der Waals surface area contributed by atoms with E-state index in [2.05, 4.69) is 17.0 Å². The van der Waals surface area contributed by atoms with Crippen LogP contribution in [-0.2, 0) is 13.0 Å². The van der Waals surface area contributed by atoms with E-state index in [1.165, 1.54) is 10.5 Å². The number of imide groups is 1. The number of carbonyl (C=O) groups excluding carboxylic acids is 3. The molecule has 1 saturated heterocycles. The highest BCUT2D eigenvalue weighted by Gasteiger charge is 2.36. The van der Waals surface area contributed by atoms with Gasteiger partial charge in [-0.15, -0.1) is 0 Å². The van der Waals surface area contributed by atoms with Crippen LogP contribution in [0, 0.1) is 0 Å². The third-order valence-corrected chi connectivity index (χ3v) is 6.91. The first kappa shape index (κ1) is 23.8. The van der Waals surface area contributed by atoms with E-state index in [-0.39, 0.29) is 17.7 Å². The first-order valence-corrected chi connectivity index (χ1v) is 12.2. The average Bonchev–Trinajstić information content (AvgIpc) is 3.17. The largest absolute Gasteiger partial charge is 0.497 e. The molecule has 0 radical (unpaired) electrons. The number of ether oxygens (including phenoxy) is 1. The van der Waals surface area contributed by atoms with Gasteiger partial charge in [-0.25, -0.2) is 0 Å². The predicted octanol–water partition coefficient (Wildman–Crippen LogP) is 3.49. The fourth-order valence-corrected chi connectivity index (χ4v) is 4.79. The Morgan fingerprint density at radius 3 is 2.19 bits per heavy atom. The van der Waals surface area contributed by atoms with E-state index in [0.29, 0.717) is 42.7 Å². The molecule has 3 aromatic carbocycles. The summed E-state index contributed by atoms with van der Waals surface area (Å²) >= 11 is 0. The highest BCUT2D eigenvalue weighted by atomic mass is 16.5. The van der Waals surface area contributed by atoms with Crippen molar-refractivity contribution in [3.05, 3.63) is 101 Å². The lowest BCUT2D eigenvalue weighted by Gasteiger charge is -2.34. The van der Waals surface area contributed by atoms with Crippen LogP contribution in [0.1, 0.15) is 42.2 Å². The van der Waals surface area contributed by atoms with Crippen LogP contribution in [0.25, 0.3) is 0 Å². The molecule has 3 amide bonds. The number of amides is 3. The van der Waals surface area contributed by atoms with Crippen LogP contribution in [-0.4, -0.2) is 72.3 Å². The molecule has 7 nitrogen and oxygen atoms in total. The minimum atomic E-state index is -0.329. The van der Waals surface area contributed by atoms with Gasteiger partial charge in [-0.2, -0.15) is 0 Å². The van der Waals surface area contributed by atoms with Crippen molar-refractivity contribution in [2.75, 3.05) is 39.8 Å². The van der Waals surface area contributed by atoms with Crippen molar-refractivity contribution in [1.29, 1.82) is 0 Å². The van der Waals surface area contributed by atoms with E-state index in [9.17, 15) is 14.4 Å². The molecule has 0 atom stereocenters. The maximum Gasteiger partial charge on any atom is 0.261 e. The van der Waals surface area contributed by atoms with Gasteiger partial charge >= 0.3 is 0 Å². The maximum atomic E-state index is 13.2. The van der Waals surface area contributed by atoms with E-state index in [4.69, 9.17) is 4.74 Å². The molecule has 0 N–H and O–H groups in total. The summed E-state index contributed by atoms with van der Waals surface area (Å²) in [6.45, 7) is 3.90. The number of hydrogen-bond donors (Lipinski definition) is 0. The standard InChI is InChI=1S/C29H29N3O4/c1-36-24-10-7-22(8-11-24)20-30-15-17-31(18-16-30)27(33)23-9-12-25-26(19-23)29(35)32(28(25)34)14-13-21-5-3-2-4-6-21/h2-12,19H,13-18,20H2,1H3. The summed E-state index contributed by atoms with van der Waals surface area (Å²) in [7, 11) is 1.65. The van der Waals surface area contributed by atoms with Crippen LogP contribution in [0.2, 0.25) is 0 Å². The second-order valence-electron chi connectivity index (χ2n) is 9.17. The summed E-state index contributed by atoms with van der Waals surface area (Å²) < 4.78 is 5.22. The Balaban J connectivity index is 1.19. The zero-order chi connectivity index (χ0) is 25.1. The van der Waals surface area contributed by atoms with Gasteiger partial charge in [0.2, 0.25) is 0 Å². The van der Waals surface area contributed by atoms with Crippen LogP contribution >= 0.6 is 0 Å². The quantitative estimate of drug-likeness (QED) is 0.481. The van der Waals surface area contributed by atoms with Crippen LogP contribution in [0.3, 0.4) is 0 Å². The molecule has 3 aromatic rings. The summed E-state index contributed by atoms with van der Waals surface area (Å²) in [6, 6.07) is 22.7. The molecule has 7 heteroatoms. The zero-order valence-corrected chi connectivity index (χ0v) is 20.4. The second-order valence-corrected chi connectivity index (χ2v) is 9.17. The molecule has 0 spiro atoms. The summed E-state index contributed by atoms with van der Waals surface area (Å²) in [5.74, 6) is 0.106. The van der Waals surface area contributed by atoms with E-state index in [0.717, 1.165) is 30.9 Å². The first-order valence-electron chi connectivity index (χ1n) is 12.2. The highest BCUT2D eigenvalue weighted by Crippen LogP contribution is 2.25. The maximum absolute atomic E-state index is 13.2. The van der Waals surface area contributed by atoms with Crippen molar-refractivity contribution in [2.24, 2.45) is 0 Å². The third-order valence-electron chi connectivity index (χ3n) is 6.91. The molecule has 184 valence electrons. The average molecular weight is 484 g/mol. The van der Waals surface area contributed by atoms with Crippen molar-refractivity contribution in [3.63, 3.8) is 0 Å². The Morgan fingerprint density at radius 1 is 0.806 bits per heavy atom. The Labute approximate surface area is 210 Å². The summed E-state index contributed by atoms with van der Waals surface area (Å²) in [6.07, 6.45) is 0.596. The highest BCUT2D eigenvalue weighted by molar-refractivity contribution is 6.22. The van der Waals surface area contributed by atoms with Crippen molar-refractivity contribution in [3.8, 4) is 5.75 Å². The van der Waals surface area contributed by atoms with Gasteiger partial charge in [0.25, 0.3) is 17.7 Å². The summed E-state index contributed by atoms with van der Waals surface area (Å²) in [5, 5.41) is 0. The lowest BCUT2D eigenvalue weighted by molar-refractivity contribution is 0.0626. The lowest BCUT2D eigenvalue weighted by atomic mass is 10.0. The van der Waals surface area contributed by atoms with Gasteiger partial charge in [-0.3, -0.25) is 24.2 Å². The Bertz CT molecular complexity index is 1270. The number of carbonyl (C=O) groups is 3. The molecule has 36 heavy (non-hydrogen) atoms. The van der Waals surface area contributed by atoms with Gasteiger partial charge in [0.05, 0.1) is 18.2 Å².